The van der Waals surface area contributed by atoms with Crippen molar-refractivity contribution in [2.75, 3.05) is 7.11 Å². The molecule has 116 valence electrons. The van der Waals surface area contributed by atoms with E-state index in [0.29, 0.717) is 6.61 Å². The molecule has 0 aliphatic rings. The summed E-state index contributed by atoms with van der Waals surface area (Å²) in [7, 11) is 1.93. The van der Waals surface area contributed by atoms with Gasteiger partial charge in [-0.1, -0.05) is 13.0 Å². The highest BCUT2D eigenvalue weighted by atomic mass is 31.1. The predicted octanol–water partition coefficient (Wildman–Crippen LogP) is 3.18. The zero-order valence-corrected chi connectivity index (χ0v) is 14.1. The number of hydrogen-bond acceptors (Lipinski definition) is 4. The first-order chi connectivity index (χ1) is 9.97. The normalized spacial score (nSPS) is 11.0. The minimum Gasteiger partial charge on any atom is -0.461 e. The average Bonchev–Trinajstić information content (AvgIpc) is 2.43. The quantitative estimate of drug-likeness (QED) is 0.546. The van der Waals surface area contributed by atoms with Crippen molar-refractivity contribution in [3.05, 3.63) is 34.4 Å². The fourth-order valence-corrected chi connectivity index (χ4v) is 3.01. The predicted molar refractivity (Wildman–Crippen MR) is 84.7 cm³/mol. The van der Waals surface area contributed by atoms with E-state index in [1.54, 1.807) is 14.0 Å². The highest BCUT2D eigenvalue weighted by Gasteiger charge is 2.11. The lowest BCUT2D eigenvalue weighted by molar-refractivity contribution is -0.142. The van der Waals surface area contributed by atoms with Crippen molar-refractivity contribution in [2.24, 2.45) is 0 Å². The van der Waals surface area contributed by atoms with Crippen molar-refractivity contribution in [1.29, 1.82) is 0 Å². The number of benzene rings is 1. The second-order valence-electron chi connectivity index (χ2n) is 4.87. The molecule has 0 saturated carbocycles. The van der Waals surface area contributed by atoms with Gasteiger partial charge >= 0.3 is 5.97 Å². The third-order valence-corrected chi connectivity index (χ3v) is 4.17. The maximum absolute atomic E-state index is 11.2. The summed E-state index contributed by atoms with van der Waals surface area (Å²) in [6.45, 7) is 5.89. The molecule has 0 aliphatic heterocycles. The molecule has 0 radical (unpaired) electrons. The summed E-state index contributed by atoms with van der Waals surface area (Å²) in [4.78, 5) is 22.2. The van der Waals surface area contributed by atoms with Gasteiger partial charge in [0, 0.05) is 14.0 Å². The van der Waals surface area contributed by atoms with Crippen LogP contribution in [0.15, 0.2) is 12.1 Å². The molecule has 1 aromatic rings. The van der Waals surface area contributed by atoms with E-state index >= 15 is 0 Å². The number of carbonyl (C=O) groups excluding carboxylic acids is 2. The number of methoxy groups -OCH3 is 1. The molecule has 0 heterocycles. The highest BCUT2D eigenvalue weighted by molar-refractivity contribution is 7.56. The van der Waals surface area contributed by atoms with Crippen molar-refractivity contribution in [2.45, 2.75) is 46.6 Å². The van der Waals surface area contributed by atoms with Crippen LogP contribution in [0.2, 0.25) is 0 Å². The Labute approximate surface area is 128 Å². The third kappa shape index (κ3) is 5.94. The molecule has 0 spiro atoms. The number of ether oxygens (including phenoxy) is 2. The van der Waals surface area contributed by atoms with E-state index < -0.39 is 0 Å². The van der Waals surface area contributed by atoms with Gasteiger partial charge in [-0.2, -0.15) is 0 Å². The Kier molecular flexibility index (Phi) is 7.55. The van der Waals surface area contributed by atoms with Gasteiger partial charge in [0.25, 0.3) is 0 Å². The first kappa shape index (κ1) is 17.8. The summed E-state index contributed by atoms with van der Waals surface area (Å²) in [5.74, 6) is -0.296. The smallest absolute Gasteiger partial charge is 0.302 e. The Balaban J connectivity index is 3.09. The van der Waals surface area contributed by atoms with Gasteiger partial charge in [-0.25, -0.2) is 0 Å². The van der Waals surface area contributed by atoms with Crippen molar-refractivity contribution in [3.8, 4) is 0 Å². The average molecular weight is 310 g/mol. The molecule has 0 aliphatic carbocycles. The van der Waals surface area contributed by atoms with Gasteiger partial charge in [0.15, 0.2) is 0 Å². The van der Waals surface area contributed by atoms with Gasteiger partial charge in [0.2, 0.25) is 0 Å². The minimum atomic E-state index is -0.296. The monoisotopic (exact) mass is 310 g/mol. The SMILES string of the molecule is CCc1c(COC)cc(COC(C)=O)cc1CPC(C)=O. The molecular formula is C16H23O4P. The number of carbonyl (C=O) groups is 2. The van der Waals surface area contributed by atoms with Gasteiger partial charge in [0.05, 0.1) is 6.61 Å². The molecule has 0 N–H and O–H groups in total. The van der Waals surface area contributed by atoms with Gasteiger partial charge in [-0.05, 0) is 56.4 Å². The van der Waals surface area contributed by atoms with Gasteiger partial charge in [0.1, 0.15) is 12.1 Å². The molecule has 1 unspecified atom stereocenters. The molecule has 0 amide bonds. The second kappa shape index (κ2) is 8.91. The Morgan fingerprint density at radius 2 is 1.81 bits per heavy atom. The molecule has 1 rings (SSSR count). The van der Waals surface area contributed by atoms with Crippen LogP contribution >= 0.6 is 8.58 Å². The third-order valence-electron chi connectivity index (χ3n) is 3.12. The van der Waals surface area contributed by atoms with Crippen LogP contribution in [0.1, 0.15) is 43.0 Å². The number of esters is 1. The molecule has 21 heavy (non-hydrogen) atoms. The minimum absolute atomic E-state index is 0.204. The summed E-state index contributed by atoms with van der Waals surface area (Å²) in [5.41, 5.74) is 4.64. The summed E-state index contributed by atoms with van der Waals surface area (Å²) in [6.07, 6.45) is 1.63. The molecular weight excluding hydrogens is 287 g/mol. The van der Waals surface area contributed by atoms with Crippen LogP contribution in [0.3, 0.4) is 0 Å². The topological polar surface area (TPSA) is 52.6 Å². The standard InChI is InChI=1S/C16H23O4P/c1-5-16-14(9-19-4)6-13(8-20-11(2)17)7-15(16)10-21-12(3)18/h6-7,21H,5,8-10H2,1-4H3. The van der Waals surface area contributed by atoms with E-state index in [9.17, 15) is 9.59 Å². The fraction of sp³-hybridized carbons (Fsp3) is 0.500. The van der Waals surface area contributed by atoms with Crippen LogP contribution in [0.25, 0.3) is 0 Å². The zero-order valence-electron chi connectivity index (χ0n) is 13.1. The van der Waals surface area contributed by atoms with E-state index in [1.165, 1.54) is 12.5 Å². The lowest BCUT2D eigenvalue weighted by Gasteiger charge is -2.16. The molecule has 5 heteroatoms. The molecule has 4 nitrogen and oxygen atoms in total. The van der Waals surface area contributed by atoms with E-state index in [1.807, 2.05) is 12.1 Å². The Hall–Kier alpha value is -1.25. The Bertz CT molecular complexity index is 511. The second-order valence-corrected chi connectivity index (χ2v) is 6.28. The van der Waals surface area contributed by atoms with Crippen molar-refractivity contribution >= 4 is 20.1 Å². The zero-order chi connectivity index (χ0) is 15.8. The summed E-state index contributed by atoms with van der Waals surface area (Å²) < 4.78 is 10.3. The first-order valence-electron chi connectivity index (χ1n) is 6.98. The van der Waals surface area contributed by atoms with Crippen molar-refractivity contribution in [1.82, 2.24) is 0 Å². The number of rotatable bonds is 8. The molecule has 0 aromatic heterocycles. The molecule has 1 aromatic carbocycles. The van der Waals surface area contributed by atoms with Crippen LogP contribution in [-0.4, -0.2) is 18.6 Å². The molecule has 0 fully saturated rings. The maximum Gasteiger partial charge on any atom is 0.302 e. The van der Waals surface area contributed by atoms with Crippen LogP contribution in [0.4, 0.5) is 0 Å². The molecule has 0 bridgehead atoms. The highest BCUT2D eigenvalue weighted by Crippen LogP contribution is 2.27. The van der Waals surface area contributed by atoms with E-state index in [4.69, 9.17) is 9.47 Å². The first-order valence-corrected chi connectivity index (χ1v) is 8.18. The largest absolute Gasteiger partial charge is 0.461 e. The van der Waals surface area contributed by atoms with Crippen molar-refractivity contribution < 1.29 is 19.1 Å². The summed E-state index contributed by atoms with van der Waals surface area (Å²) >= 11 is 0. The van der Waals surface area contributed by atoms with Crippen LogP contribution in [-0.2, 0) is 44.9 Å². The lowest BCUT2D eigenvalue weighted by atomic mass is 9.97. The fourth-order valence-electron chi connectivity index (χ4n) is 2.25. The lowest BCUT2D eigenvalue weighted by Crippen LogP contribution is -2.05. The van der Waals surface area contributed by atoms with Gasteiger partial charge < -0.3 is 9.47 Å². The Morgan fingerprint density at radius 1 is 1.14 bits per heavy atom. The van der Waals surface area contributed by atoms with Crippen molar-refractivity contribution in [3.63, 3.8) is 0 Å². The van der Waals surface area contributed by atoms with Gasteiger partial charge in [-0.3, -0.25) is 9.59 Å². The maximum atomic E-state index is 11.2. The van der Waals surface area contributed by atoms with E-state index in [-0.39, 0.29) is 26.7 Å². The van der Waals surface area contributed by atoms with Crippen LogP contribution < -0.4 is 0 Å². The molecule has 0 saturated heterocycles. The van der Waals surface area contributed by atoms with Crippen LogP contribution in [0, 0.1) is 0 Å². The van der Waals surface area contributed by atoms with Crippen LogP contribution in [0.5, 0.6) is 0 Å². The molecule has 1 atom stereocenters. The summed E-state index contributed by atoms with van der Waals surface area (Å²) in [5, 5.41) is 0. The Morgan fingerprint density at radius 3 is 2.33 bits per heavy atom. The van der Waals surface area contributed by atoms with Gasteiger partial charge in [-0.15, -0.1) is 0 Å². The summed E-state index contributed by atoms with van der Waals surface area (Å²) in [6, 6.07) is 4.06. The van der Waals surface area contributed by atoms with E-state index in [2.05, 4.69) is 6.92 Å². The number of hydrogen-bond donors (Lipinski definition) is 0. The van der Waals surface area contributed by atoms with E-state index in [0.717, 1.165) is 29.3 Å².